The molecule has 1 fully saturated rings. The standard InChI is InChI=1S/C8H14FN3O2.ClH/c1-10-7(13)4-12-8(14)6-2-5(9)3-11-6;/h5-6,11H,2-4H2,1H3,(H,10,13)(H,12,14);1H/t5-,6+;/m0./s1. The minimum absolute atomic E-state index is 0. The third-order valence-electron chi connectivity index (χ3n) is 2.10. The van der Waals surface area contributed by atoms with E-state index in [1.54, 1.807) is 0 Å². The van der Waals surface area contributed by atoms with E-state index in [0.717, 1.165) is 0 Å². The number of rotatable bonds is 3. The van der Waals surface area contributed by atoms with E-state index in [4.69, 9.17) is 0 Å². The zero-order valence-electron chi connectivity index (χ0n) is 8.38. The summed E-state index contributed by atoms with van der Waals surface area (Å²) in [5.74, 6) is -0.595. The first-order valence-electron chi connectivity index (χ1n) is 4.49. The Morgan fingerprint density at radius 3 is 2.67 bits per heavy atom. The molecule has 1 saturated heterocycles. The Labute approximate surface area is 93.6 Å². The molecule has 2 atom stereocenters. The summed E-state index contributed by atoms with van der Waals surface area (Å²) in [6.45, 7) is 0.141. The summed E-state index contributed by atoms with van der Waals surface area (Å²) >= 11 is 0. The van der Waals surface area contributed by atoms with Gasteiger partial charge in [0.05, 0.1) is 12.6 Å². The van der Waals surface area contributed by atoms with Crippen molar-refractivity contribution < 1.29 is 14.0 Å². The Hall–Kier alpha value is -0.880. The number of hydrogen-bond donors (Lipinski definition) is 3. The van der Waals surface area contributed by atoms with Crippen molar-refractivity contribution in [2.45, 2.75) is 18.6 Å². The first kappa shape index (κ1) is 14.1. The van der Waals surface area contributed by atoms with Crippen molar-refractivity contribution in [1.82, 2.24) is 16.0 Å². The van der Waals surface area contributed by atoms with Gasteiger partial charge in [0.25, 0.3) is 0 Å². The Balaban J connectivity index is 0.00000196. The Kier molecular flexibility index (Phi) is 6.19. The predicted octanol–water partition coefficient (Wildman–Crippen LogP) is -1.03. The third-order valence-corrected chi connectivity index (χ3v) is 2.10. The molecule has 88 valence electrons. The van der Waals surface area contributed by atoms with Crippen LogP contribution in [0.1, 0.15) is 6.42 Å². The molecule has 0 aromatic rings. The molecule has 0 bridgehead atoms. The third kappa shape index (κ3) is 4.44. The SMILES string of the molecule is CNC(=O)CNC(=O)[C@H]1C[C@H](F)CN1.Cl. The smallest absolute Gasteiger partial charge is 0.239 e. The van der Waals surface area contributed by atoms with Gasteiger partial charge < -0.3 is 16.0 Å². The number of hydrogen-bond acceptors (Lipinski definition) is 3. The summed E-state index contributed by atoms with van der Waals surface area (Å²) in [4.78, 5) is 22.1. The van der Waals surface area contributed by atoms with Gasteiger partial charge in [0.1, 0.15) is 6.17 Å². The second-order valence-electron chi connectivity index (χ2n) is 3.18. The van der Waals surface area contributed by atoms with Gasteiger partial charge in [-0.1, -0.05) is 0 Å². The molecule has 5 nitrogen and oxygen atoms in total. The maximum Gasteiger partial charge on any atom is 0.239 e. The zero-order valence-corrected chi connectivity index (χ0v) is 9.20. The fraction of sp³-hybridized carbons (Fsp3) is 0.750. The topological polar surface area (TPSA) is 70.2 Å². The lowest BCUT2D eigenvalue weighted by Gasteiger charge is -2.09. The Morgan fingerprint density at radius 2 is 2.20 bits per heavy atom. The minimum atomic E-state index is -0.967. The molecule has 0 unspecified atom stereocenters. The van der Waals surface area contributed by atoms with Crippen molar-refractivity contribution >= 4 is 24.2 Å². The molecule has 0 aromatic heterocycles. The highest BCUT2D eigenvalue weighted by molar-refractivity contribution is 5.87. The molecule has 0 aromatic carbocycles. The highest BCUT2D eigenvalue weighted by atomic mass is 35.5. The van der Waals surface area contributed by atoms with Gasteiger partial charge >= 0.3 is 0 Å². The van der Waals surface area contributed by atoms with E-state index in [1.807, 2.05) is 0 Å². The van der Waals surface area contributed by atoms with Crippen molar-refractivity contribution in [3.8, 4) is 0 Å². The molecule has 0 aliphatic carbocycles. The van der Waals surface area contributed by atoms with Crippen LogP contribution in [0.4, 0.5) is 4.39 Å². The molecule has 1 aliphatic heterocycles. The van der Waals surface area contributed by atoms with E-state index in [1.165, 1.54) is 7.05 Å². The molecule has 0 saturated carbocycles. The summed E-state index contributed by atoms with van der Waals surface area (Å²) < 4.78 is 12.7. The summed E-state index contributed by atoms with van der Waals surface area (Å²) in [6.07, 6.45) is -0.787. The van der Waals surface area contributed by atoms with Crippen molar-refractivity contribution in [3.63, 3.8) is 0 Å². The second kappa shape index (κ2) is 6.58. The van der Waals surface area contributed by atoms with Gasteiger partial charge in [-0.2, -0.15) is 0 Å². The Bertz CT molecular complexity index is 240. The summed E-state index contributed by atoms with van der Waals surface area (Å²) in [5, 5.41) is 7.52. The van der Waals surface area contributed by atoms with E-state index >= 15 is 0 Å². The number of nitrogens with one attached hydrogen (secondary N) is 3. The van der Waals surface area contributed by atoms with Crippen LogP contribution in [0.2, 0.25) is 0 Å². The van der Waals surface area contributed by atoms with Gasteiger partial charge in [0.2, 0.25) is 11.8 Å². The van der Waals surface area contributed by atoms with Gasteiger partial charge in [0.15, 0.2) is 0 Å². The lowest BCUT2D eigenvalue weighted by atomic mass is 10.2. The average Bonchev–Trinajstić information content (AvgIpc) is 2.60. The molecule has 1 rings (SSSR count). The van der Waals surface area contributed by atoms with Gasteiger partial charge in [-0.25, -0.2) is 4.39 Å². The van der Waals surface area contributed by atoms with Crippen LogP contribution in [-0.2, 0) is 9.59 Å². The highest BCUT2D eigenvalue weighted by Gasteiger charge is 2.28. The molecule has 3 N–H and O–H groups in total. The number of amides is 2. The van der Waals surface area contributed by atoms with Crippen molar-refractivity contribution in [1.29, 1.82) is 0 Å². The number of likely N-dealkylation sites (N-methyl/N-ethyl adjacent to an activating group) is 1. The molecule has 1 aliphatic rings. The number of alkyl halides is 1. The lowest BCUT2D eigenvalue weighted by Crippen LogP contribution is -2.44. The maximum absolute atomic E-state index is 12.7. The van der Waals surface area contributed by atoms with Crippen LogP contribution in [0.3, 0.4) is 0 Å². The van der Waals surface area contributed by atoms with E-state index < -0.39 is 12.2 Å². The monoisotopic (exact) mass is 239 g/mol. The second-order valence-corrected chi connectivity index (χ2v) is 3.18. The van der Waals surface area contributed by atoms with Crippen LogP contribution in [0.25, 0.3) is 0 Å². The predicted molar refractivity (Wildman–Crippen MR) is 55.6 cm³/mol. The number of carbonyl (C=O) groups excluding carboxylic acids is 2. The molecule has 15 heavy (non-hydrogen) atoms. The molecule has 1 heterocycles. The molecule has 0 spiro atoms. The lowest BCUT2D eigenvalue weighted by molar-refractivity contribution is -0.126. The maximum atomic E-state index is 12.7. The summed E-state index contributed by atoms with van der Waals surface area (Å²) in [6, 6.07) is -0.505. The fourth-order valence-electron chi connectivity index (χ4n) is 1.27. The molecular weight excluding hydrogens is 225 g/mol. The van der Waals surface area contributed by atoms with Crippen LogP contribution >= 0.6 is 12.4 Å². The normalized spacial score (nSPS) is 24.1. The van der Waals surface area contributed by atoms with E-state index in [9.17, 15) is 14.0 Å². The van der Waals surface area contributed by atoms with Gasteiger partial charge in [0, 0.05) is 20.0 Å². The van der Waals surface area contributed by atoms with E-state index in [0.29, 0.717) is 0 Å². The van der Waals surface area contributed by atoms with Crippen LogP contribution in [0.15, 0.2) is 0 Å². The van der Waals surface area contributed by atoms with Crippen LogP contribution < -0.4 is 16.0 Å². The van der Waals surface area contributed by atoms with E-state index in [2.05, 4.69) is 16.0 Å². The van der Waals surface area contributed by atoms with Gasteiger partial charge in [-0.3, -0.25) is 9.59 Å². The minimum Gasteiger partial charge on any atom is -0.358 e. The van der Waals surface area contributed by atoms with Gasteiger partial charge in [-0.05, 0) is 0 Å². The number of carbonyl (C=O) groups is 2. The first-order chi connectivity index (χ1) is 6.63. The quantitative estimate of drug-likeness (QED) is 0.590. The van der Waals surface area contributed by atoms with Crippen LogP contribution in [0.5, 0.6) is 0 Å². The van der Waals surface area contributed by atoms with E-state index in [-0.39, 0.29) is 43.7 Å². The summed E-state index contributed by atoms with van der Waals surface area (Å²) in [5.41, 5.74) is 0. The molecule has 0 radical (unpaired) electrons. The fourth-order valence-corrected chi connectivity index (χ4v) is 1.27. The molecular formula is C8H15ClFN3O2. The van der Waals surface area contributed by atoms with Crippen LogP contribution in [-0.4, -0.2) is 44.2 Å². The van der Waals surface area contributed by atoms with Gasteiger partial charge in [-0.15, -0.1) is 12.4 Å². The highest BCUT2D eigenvalue weighted by Crippen LogP contribution is 2.09. The Morgan fingerprint density at radius 1 is 1.53 bits per heavy atom. The first-order valence-corrected chi connectivity index (χ1v) is 4.49. The molecule has 2 amide bonds. The average molecular weight is 240 g/mol. The van der Waals surface area contributed by atoms with Crippen molar-refractivity contribution in [3.05, 3.63) is 0 Å². The van der Waals surface area contributed by atoms with Crippen molar-refractivity contribution in [2.75, 3.05) is 20.1 Å². The number of halogens is 2. The van der Waals surface area contributed by atoms with Crippen molar-refractivity contribution in [2.24, 2.45) is 0 Å². The summed E-state index contributed by atoms with van der Waals surface area (Å²) in [7, 11) is 1.49. The largest absolute Gasteiger partial charge is 0.358 e. The molecule has 7 heteroatoms. The zero-order chi connectivity index (χ0) is 10.6. The van der Waals surface area contributed by atoms with Crippen LogP contribution in [0, 0.1) is 0 Å².